The highest BCUT2D eigenvalue weighted by atomic mass is 15.1. The van der Waals surface area contributed by atoms with E-state index in [4.69, 9.17) is 0 Å². The number of nitrogens with zero attached hydrogens (tertiary/aromatic N) is 2. The van der Waals surface area contributed by atoms with E-state index in [0.29, 0.717) is 0 Å². The Labute approximate surface area is 151 Å². The molecule has 1 aliphatic carbocycles. The molecule has 1 saturated carbocycles. The van der Waals surface area contributed by atoms with Gasteiger partial charge in [-0.1, -0.05) is 34.1 Å². The lowest BCUT2D eigenvalue weighted by Crippen LogP contribution is -2.39. The Morgan fingerprint density at radius 2 is 1.38 bits per heavy atom. The molecular weight excluding hydrogens is 296 g/mol. The molecule has 0 aromatic carbocycles. The topological polar surface area (TPSA) is 30.5 Å². The first-order valence-corrected chi connectivity index (χ1v) is 10.6. The van der Waals surface area contributed by atoms with Gasteiger partial charge in [0.05, 0.1) is 0 Å². The maximum Gasteiger partial charge on any atom is 0.0107 e. The summed E-state index contributed by atoms with van der Waals surface area (Å²) in [6, 6.07) is 0.747. The average Bonchev–Trinajstić information content (AvgIpc) is 3.05. The summed E-state index contributed by atoms with van der Waals surface area (Å²) in [5.74, 6) is 0.840. The van der Waals surface area contributed by atoms with Crippen LogP contribution in [0.5, 0.6) is 0 Å². The van der Waals surface area contributed by atoms with Crippen molar-refractivity contribution in [3.8, 4) is 0 Å². The molecule has 1 aliphatic rings. The third-order valence-corrected chi connectivity index (χ3v) is 5.74. The number of hydrogen-bond donors (Lipinski definition) is 2. The van der Waals surface area contributed by atoms with Gasteiger partial charge >= 0.3 is 0 Å². The van der Waals surface area contributed by atoms with Crippen LogP contribution in [0.4, 0.5) is 0 Å². The quantitative estimate of drug-likeness (QED) is 0.449. The highest BCUT2D eigenvalue weighted by Gasteiger charge is 2.26. The Morgan fingerprint density at radius 3 is 1.96 bits per heavy atom. The van der Waals surface area contributed by atoms with E-state index >= 15 is 0 Å². The summed E-state index contributed by atoms with van der Waals surface area (Å²) >= 11 is 0. The summed E-state index contributed by atoms with van der Waals surface area (Å²) < 4.78 is 0. The Kier molecular flexibility index (Phi) is 12.8. The second kappa shape index (κ2) is 14.1. The molecule has 0 spiro atoms. The molecule has 4 heteroatoms. The van der Waals surface area contributed by atoms with Gasteiger partial charge in [-0.3, -0.25) is 0 Å². The van der Waals surface area contributed by atoms with Gasteiger partial charge in [0.15, 0.2) is 0 Å². The van der Waals surface area contributed by atoms with Gasteiger partial charge in [0.2, 0.25) is 0 Å². The van der Waals surface area contributed by atoms with E-state index < -0.39 is 0 Å². The van der Waals surface area contributed by atoms with Crippen molar-refractivity contribution in [2.24, 2.45) is 5.92 Å². The molecule has 1 rings (SSSR count). The van der Waals surface area contributed by atoms with Crippen molar-refractivity contribution >= 4 is 0 Å². The SMILES string of the molecule is CCN(CC)CCCNCC1CCCC1NCCCN(CC)CC. The van der Waals surface area contributed by atoms with Gasteiger partial charge in [0, 0.05) is 6.04 Å². The summed E-state index contributed by atoms with van der Waals surface area (Å²) in [7, 11) is 0. The molecule has 0 aliphatic heterocycles. The molecule has 0 heterocycles. The van der Waals surface area contributed by atoms with Crippen LogP contribution in [0.1, 0.15) is 59.8 Å². The van der Waals surface area contributed by atoms with E-state index in [2.05, 4.69) is 48.1 Å². The van der Waals surface area contributed by atoms with Crippen LogP contribution in [0.3, 0.4) is 0 Å². The second-order valence-corrected chi connectivity index (χ2v) is 7.22. The van der Waals surface area contributed by atoms with E-state index in [1.54, 1.807) is 0 Å². The van der Waals surface area contributed by atoms with Crippen LogP contribution in [0.15, 0.2) is 0 Å². The fourth-order valence-electron chi connectivity index (χ4n) is 3.93. The van der Waals surface area contributed by atoms with E-state index in [0.717, 1.165) is 12.0 Å². The molecule has 0 saturated heterocycles. The maximum absolute atomic E-state index is 3.84. The molecule has 2 N–H and O–H groups in total. The van der Waals surface area contributed by atoms with E-state index in [9.17, 15) is 0 Å². The molecule has 0 aromatic rings. The number of rotatable bonds is 15. The summed E-state index contributed by atoms with van der Waals surface area (Å²) in [6.45, 7) is 19.8. The molecule has 1 fully saturated rings. The largest absolute Gasteiger partial charge is 0.316 e. The van der Waals surface area contributed by atoms with Crippen LogP contribution in [0.2, 0.25) is 0 Å². The zero-order valence-electron chi connectivity index (χ0n) is 16.9. The number of nitrogens with one attached hydrogen (secondary N) is 2. The average molecular weight is 341 g/mol. The van der Waals surface area contributed by atoms with E-state index in [1.165, 1.54) is 91.0 Å². The van der Waals surface area contributed by atoms with Gasteiger partial charge < -0.3 is 20.4 Å². The predicted octanol–water partition coefficient (Wildman–Crippen LogP) is 2.80. The van der Waals surface area contributed by atoms with Crippen molar-refractivity contribution in [3.05, 3.63) is 0 Å². The molecule has 24 heavy (non-hydrogen) atoms. The smallest absolute Gasteiger partial charge is 0.0107 e. The van der Waals surface area contributed by atoms with Crippen molar-refractivity contribution in [1.29, 1.82) is 0 Å². The first-order valence-electron chi connectivity index (χ1n) is 10.6. The molecule has 4 nitrogen and oxygen atoms in total. The predicted molar refractivity (Wildman–Crippen MR) is 107 cm³/mol. The van der Waals surface area contributed by atoms with E-state index in [1.807, 2.05) is 0 Å². The monoisotopic (exact) mass is 340 g/mol. The van der Waals surface area contributed by atoms with Crippen LogP contribution >= 0.6 is 0 Å². The second-order valence-electron chi connectivity index (χ2n) is 7.22. The van der Waals surface area contributed by atoms with Crippen LogP contribution in [-0.4, -0.2) is 74.7 Å². The Morgan fingerprint density at radius 1 is 0.792 bits per heavy atom. The fourth-order valence-corrected chi connectivity index (χ4v) is 3.93. The zero-order chi connectivity index (χ0) is 17.6. The van der Waals surface area contributed by atoms with Crippen molar-refractivity contribution < 1.29 is 0 Å². The molecule has 0 radical (unpaired) electrons. The first kappa shape index (κ1) is 21.9. The van der Waals surface area contributed by atoms with Gasteiger partial charge in [-0.2, -0.15) is 0 Å². The van der Waals surface area contributed by atoms with Crippen LogP contribution in [0.25, 0.3) is 0 Å². The maximum atomic E-state index is 3.84. The minimum absolute atomic E-state index is 0.747. The molecule has 0 amide bonds. The van der Waals surface area contributed by atoms with Gasteiger partial charge in [0.1, 0.15) is 0 Å². The van der Waals surface area contributed by atoms with Gasteiger partial charge in [-0.15, -0.1) is 0 Å². The normalized spacial score (nSPS) is 21.2. The third-order valence-electron chi connectivity index (χ3n) is 5.74. The highest BCUT2D eigenvalue weighted by Crippen LogP contribution is 2.25. The van der Waals surface area contributed by atoms with Crippen molar-refractivity contribution in [2.75, 3.05) is 58.9 Å². The summed E-state index contributed by atoms with van der Waals surface area (Å²) in [5, 5.41) is 7.55. The van der Waals surface area contributed by atoms with Gasteiger partial charge in [-0.25, -0.2) is 0 Å². The standard InChI is InChI=1S/C20H44N4/c1-5-23(6-2)16-10-14-21-18-19-12-9-13-20(19)22-15-11-17-24(7-3)8-4/h19-22H,5-18H2,1-4H3. The first-order chi connectivity index (χ1) is 11.7. The third kappa shape index (κ3) is 8.80. The molecular formula is C20H44N4. The molecule has 2 atom stereocenters. The van der Waals surface area contributed by atoms with Crippen LogP contribution < -0.4 is 10.6 Å². The Hall–Kier alpha value is -0.160. The molecule has 0 aromatic heterocycles. The molecule has 0 bridgehead atoms. The van der Waals surface area contributed by atoms with Gasteiger partial charge in [-0.05, 0) is 90.5 Å². The Bertz CT molecular complexity index is 277. The minimum atomic E-state index is 0.747. The lowest BCUT2D eigenvalue weighted by atomic mass is 10.0. The fraction of sp³-hybridized carbons (Fsp3) is 1.00. The summed E-state index contributed by atoms with van der Waals surface area (Å²) in [6.07, 6.45) is 6.73. The van der Waals surface area contributed by atoms with Crippen LogP contribution in [-0.2, 0) is 0 Å². The number of hydrogen-bond acceptors (Lipinski definition) is 4. The lowest BCUT2D eigenvalue weighted by Gasteiger charge is -2.23. The van der Waals surface area contributed by atoms with Crippen molar-refractivity contribution in [3.63, 3.8) is 0 Å². The lowest BCUT2D eigenvalue weighted by molar-refractivity contribution is 0.288. The zero-order valence-corrected chi connectivity index (χ0v) is 16.9. The summed E-state index contributed by atoms with van der Waals surface area (Å²) in [4.78, 5) is 5.03. The van der Waals surface area contributed by atoms with Gasteiger partial charge in [0.25, 0.3) is 0 Å². The molecule has 2 unspecified atom stereocenters. The molecule has 144 valence electrons. The van der Waals surface area contributed by atoms with Crippen molar-refractivity contribution in [2.45, 2.75) is 65.8 Å². The van der Waals surface area contributed by atoms with Crippen molar-refractivity contribution in [1.82, 2.24) is 20.4 Å². The van der Waals surface area contributed by atoms with E-state index in [-0.39, 0.29) is 0 Å². The highest BCUT2D eigenvalue weighted by molar-refractivity contribution is 4.84. The minimum Gasteiger partial charge on any atom is -0.316 e. The Balaban J connectivity index is 2.08. The summed E-state index contributed by atoms with van der Waals surface area (Å²) in [5.41, 5.74) is 0. The van der Waals surface area contributed by atoms with Crippen LogP contribution in [0, 0.1) is 5.92 Å².